The van der Waals surface area contributed by atoms with E-state index in [1.165, 1.54) is 37.3 Å². The number of likely N-dealkylation sites (tertiary alicyclic amines) is 2. The summed E-state index contributed by atoms with van der Waals surface area (Å²) in [5, 5.41) is 3.43. The Kier molecular flexibility index (Phi) is 6.39. The molecule has 174 valence electrons. The zero-order chi connectivity index (χ0) is 23.0. The molecular formula is C26H29Cl2N3O2. The predicted molar refractivity (Wildman–Crippen MR) is 131 cm³/mol. The summed E-state index contributed by atoms with van der Waals surface area (Å²) in [4.78, 5) is 29.5. The molecule has 1 atom stereocenters. The van der Waals surface area contributed by atoms with Gasteiger partial charge < -0.3 is 10.2 Å². The Labute approximate surface area is 205 Å². The van der Waals surface area contributed by atoms with Gasteiger partial charge in [-0.2, -0.15) is 0 Å². The van der Waals surface area contributed by atoms with Gasteiger partial charge in [0.15, 0.2) is 0 Å². The van der Waals surface area contributed by atoms with Crippen molar-refractivity contribution in [3.05, 3.63) is 69.2 Å². The van der Waals surface area contributed by atoms with Gasteiger partial charge in [-0.1, -0.05) is 47.5 Å². The van der Waals surface area contributed by atoms with Gasteiger partial charge in [0.25, 0.3) is 5.91 Å². The molecular weight excluding hydrogens is 457 g/mol. The fraction of sp³-hybridized carbons (Fsp3) is 0.462. The first kappa shape index (κ1) is 22.7. The molecule has 0 saturated carbocycles. The third-order valence-corrected chi connectivity index (χ3v) is 8.57. The second-order valence-corrected chi connectivity index (χ2v) is 10.4. The van der Waals surface area contributed by atoms with Gasteiger partial charge in [-0.05, 0) is 79.9 Å². The normalized spacial score (nSPS) is 21.9. The minimum Gasteiger partial charge on any atom is -0.343 e. The highest BCUT2D eigenvalue weighted by Crippen LogP contribution is 2.46. The van der Waals surface area contributed by atoms with Crippen molar-refractivity contribution in [1.82, 2.24) is 15.1 Å². The van der Waals surface area contributed by atoms with Gasteiger partial charge >= 0.3 is 0 Å². The molecule has 2 saturated heterocycles. The first-order valence-corrected chi connectivity index (χ1v) is 12.5. The maximum Gasteiger partial charge on any atom is 0.251 e. The zero-order valence-electron chi connectivity index (χ0n) is 18.7. The molecule has 33 heavy (non-hydrogen) atoms. The predicted octanol–water partition coefficient (Wildman–Crippen LogP) is 4.30. The van der Waals surface area contributed by atoms with E-state index in [0.29, 0.717) is 27.1 Å². The molecule has 2 heterocycles. The number of carbonyl (C=O) groups is 2. The molecule has 0 radical (unpaired) electrons. The molecule has 5 nitrogen and oxygen atoms in total. The van der Waals surface area contributed by atoms with E-state index in [-0.39, 0.29) is 18.4 Å². The summed E-state index contributed by atoms with van der Waals surface area (Å²) in [7, 11) is 0. The monoisotopic (exact) mass is 485 g/mol. The first-order chi connectivity index (χ1) is 15.9. The summed E-state index contributed by atoms with van der Waals surface area (Å²) >= 11 is 11.9. The number of nitrogens with zero attached hydrogens (tertiary/aromatic N) is 2. The first-order valence-electron chi connectivity index (χ1n) is 11.8. The van der Waals surface area contributed by atoms with Crippen molar-refractivity contribution < 1.29 is 9.59 Å². The van der Waals surface area contributed by atoms with E-state index in [2.05, 4.69) is 34.5 Å². The van der Waals surface area contributed by atoms with Crippen LogP contribution in [0.15, 0.2) is 42.5 Å². The van der Waals surface area contributed by atoms with Crippen LogP contribution in [-0.4, -0.2) is 60.4 Å². The highest BCUT2D eigenvalue weighted by molar-refractivity contribution is 6.42. The Morgan fingerprint density at radius 3 is 2.58 bits per heavy atom. The minimum atomic E-state index is -0.323. The Morgan fingerprint density at radius 1 is 1.00 bits per heavy atom. The number of piperidine rings is 1. The summed E-state index contributed by atoms with van der Waals surface area (Å²) in [6.07, 6.45) is 5.88. The number of fused-ring (bicyclic) bond motifs is 2. The molecule has 3 aliphatic rings. The third kappa shape index (κ3) is 4.51. The quantitative estimate of drug-likeness (QED) is 0.701. The van der Waals surface area contributed by atoms with E-state index < -0.39 is 0 Å². The Hall–Kier alpha value is -2.08. The second kappa shape index (κ2) is 9.28. The van der Waals surface area contributed by atoms with Crippen LogP contribution >= 0.6 is 23.2 Å². The van der Waals surface area contributed by atoms with E-state index in [1.807, 2.05) is 4.90 Å². The smallest absolute Gasteiger partial charge is 0.251 e. The summed E-state index contributed by atoms with van der Waals surface area (Å²) in [5.74, 6) is -0.361. The number of hydrogen-bond donors (Lipinski definition) is 1. The van der Waals surface area contributed by atoms with Crippen molar-refractivity contribution in [2.75, 3.05) is 32.7 Å². The lowest BCUT2D eigenvalue weighted by molar-refractivity contribution is -0.129. The lowest BCUT2D eigenvalue weighted by Gasteiger charge is -2.42. The van der Waals surface area contributed by atoms with Gasteiger partial charge in [-0.3, -0.25) is 14.5 Å². The summed E-state index contributed by atoms with van der Waals surface area (Å²) < 4.78 is 0. The van der Waals surface area contributed by atoms with Crippen molar-refractivity contribution in [3.63, 3.8) is 0 Å². The standard InChI is InChI=1S/C26H29Cl2N3O2/c27-22-6-5-19(15-23(22)28)25(33)29-16-24(32)31-12-8-20(17-31)30-13-10-26(11-14-30)9-7-18-3-1-2-4-21(18)26/h1-6,15,20H,7-14,16-17H2,(H,29,33). The Balaban J connectivity index is 1.11. The highest BCUT2D eigenvalue weighted by atomic mass is 35.5. The molecule has 2 aromatic carbocycles. The number of hydrogen-bond acceptors (Lipinski definition) is 3. The summed E-state index contributed by atoms with van der Waals surface area (Å²) in [6, 6.07) is 14.1. The number of carbonyl (C=O) groups excluding carboxylic acids is 2. The topological polar surface area (TPSA) is 52.7 Å². The lowest BCUT2D eigenvalue weighted by atomic mass is 9.73. The van der Waals surface area contributed by atoms with Crippen molar-refractivity contribution in [3.8, 4) is 0 Å². The van der Waals surface area contributed by atoms with Crippen LogP contribution in [0.25, 0.3) is 0 Å². The van der Waals surface area contributed by atoms with Crippen molar-refractivity contribution in [2.24, 2.45) is 0 Å². The number of rotatable bonds is 4. The lowest BCUT2D eigenvalue weighted by Crippen LogP contribution is -2.48. The molecule has 5 rings (SSSR count). The van der Waals surface area contributed by atoms with E-state index in [0.717, 1.165) is 32.6 Å². The van der Waals surface area contributed by atoms with E-state index in [4.69, 9.17) is 23.2 Å². The van der Waals surface area contributed by atoms with Crippen LogP contribution < -0.4 is 5.32 Å². The van der Waals surface area contributed by atoms with E-state index in [1.54, 1.807) is 17.7 Å². The largest absolute Gasteiger partial charge is 0.343 e. The molecule has 2 amide bonds. The molecule has 2 fully saturated rings. The van der Waals surface area contributed by atoms with Crippen molar-refractivity contribution in [1.29, 1.82) is 0 Å². The van der Waals surface area contributed by atoms with Crippen molar-refractivity contribution >= 4 is 35.0 Å². The minimum absolute atomic E-state index is 0.00824. The van der Waals surface area contributed by atoms with Gasteiger partial charge in [0, 0.05) is 24.7 Å². The number of halogens is 2. The van der Waals surface area contributed by atoms with Crippen LogP contribution in [0.1, 0.15) is 47.2 Å². The summed E-state index contributed by atoms with van der Waals surface area (Å²) in [5.41, 5.74) is 3.86. The molecule has 2 aromatic rings. The van der Waals surface area contributed by atoms with E-state index in [9.17, 15) is 9.59 Å². The van der Waals surface area contributed by atoms with Crippen LogP contribution in [0, 0.1) is 0 Å². The van der Waals surface area contributed by atoms with Crippen LogP contribution in [0.3, 0.4) is 0 Å². The third-order valence-electron chi connectivity index (χ3n) is 7.83. The maximum atomic E-state index is 12.7. The van der Waals surface area contributed by atoms with Gasteiger partial charge in [-0.25, -0.2) is 0 Å². The highest BCUT2D eigenvalue weighted by Gasteiger charge is 2.42. The van der Waals surface area contributed by atoms with Crippen LogP contribution in [0.5, 0.6) is 0 Å². The molecule has 0 bridgehead atoms. The molecule has 0 aromatic heterocycles. The Morgan fingerprint density at radius 2 is 1.79 bits per heavy atom. The molecule has 1 aliphatic carbocycles. The molecule has 1 spiro atoms. The van der Waals surface area contributed by atoms with Crippen molar-refractivity contribution in [2.45, 2.75) is 43.6 Å². The average molecular weight is 486 g/mol. The molecule has 2 aliphatic heterocycles. The van der Waals surface area contributed by atoms with Gasteiger partial charge in [0.05, 0.1) is 16.6 Å². The maximum absolute atomic E-state index is 12.7. The number of aryl methyl sites for hydroxylation is 1. The van der Waals surface area contributed by atoms with E-state index >= 15 is 0 Å². The molecule has 1 N–H and O–H groups in total. The summed E-state index contributed by atoms with van der Waals surface area (Å²) in [6.45, 7) is 3.66. The fourth-order valence-corrected chi connectivity index (χ4v) is 6.17. The second-order valence-electron chi connectivity index (χ2n) is 9.57. The molecule has 7 heteroatoms. The van der Waals surface area contributed by atoms with Crippen LogP contribution in [0.4, 0.5) is 0 Å². The van der Waals surface area contributed by atoms with Crippen LogP contribution in [-0.2, 0) is 16.6 Å². The SMILES string of the molecule is O=C(NCC(=O)N1CCC(N2CCC3(CCc4ccccc43)CC2)C1)c1ccc(Cl)c(Cl)c1. The zero-order valence-corrected chi connectivity index (χ0v) is 20.2. The Bertz CT molecular complexity index is 1070. The van der Waals surface area contributed by atoms with Gasteiger partial charge in [-0.15, -0.1) is 0 Å². The number of nitrogens with one attached hydrogen (secondary N) is 1. The molecule has 1 unspecified atom stereocenters. The van der Waals surface area contributed by atoms with Crippen LogP contribution in [0.2, 0.25) is 10.0 Å². The number of benzene rings is 2. The average Bonchev–Trinajstić information content (AvgIpc) is 3.46. The fourth-order valence-electron chi connectivity index (χ4n) is 5.87. The van der Waals surface area contributed by atoms with Gasteiger partial charge in [0.1, 0.15) is 0 Å². The van der Waals surface area contributed by atoms with Gasteiger partial charge in [0.2, 0.25) is 5.91 Å². The number of amides is 2.